The van der Waals surface area contributed by atoms with E-state index in [0.29, 0.717) is 17.4 Å². The van der Waals surface area contributed by atoms with E-state index in [4.69, 9.17) is 0 Å². The fourth-order valence-electron chi connectivity index (χ4n) is 3.55. The molecule has 2 heterocycles. The summed E-state index contributed by atoms with van der Waals surface area (Å²) in [6.45, 7) is 2.67. The lowest BCUT2D eigenvalue weighted by molar-refractivity contribution is -0.133. The number of carbonyl (C=O) groups excluding carboxylic acids is 1. The number of fused-ring (bicyclic) bond motifs is 1. The highest BCUT2D eigenvalue weighted by molar-refractivity contribution is 5.79. The summed E-state index contributed by atoms with van der Waals surface area (Å²) in [5.74, 6) is -0.0974. The molecule has 1 aromatic heterocycles. The van der Waals surface area contributed by atoms with Crippen LogP contribution >= 0.6 is 0 Å². The molecule has 1 fully saturated rings. The van der Waals surface area contributed by atoms with Crippen molar-refractivity contribution in [3.05, 3.63) is 70.0 Å². The molecular formula is C20H20N4O2. The van der Waals surface area contributed by atoms with Crippen LogP contribution in [0.4, 0.5) is 0 Å². The number of aryl methyl sites for hydroxylation is 1. The van der Waals surface area contributed by atoms with E-state index in [0.717, 1.165) is 23.1 Å². The largest absolute Gasteiger partial charge is 0.334 e. The van der Waals surface area contributed by atoms with Crippen LogP contribution in [0.5, 0.6) is 0 Å². The highest BCUT2D eigenvalue weighted by atomic mass is 16.2. The van der Waals surface area contributed by atoms with Gasteiger partial charge in [0.05, 0.1) is 11.4 Å². The molecule has 1 atom stereocenters. The van der Waals surface area contributed by atoms with Gasteiger partial charge in [-0.25, -0.2) is 4.68 Å². The van der Waals surface area contributed by atoms with E-state index in [1.165, 1.54) is 5.56 Å². The quantitative estimate of drug-likeness (QED) is 0.729. The summed E-state index contributed by atoms with van der Waals surface area (Å²) in [6.07, 6.45) is 1.90. The summed E-state index contributed by atoms with van der Waals surface area (Å²) >= 11 is 0. The van der Waals surface area contributed by atoms with Gasteiger partial charge >= 0.3 is 0 Å². The summed E-state index contributed by atoms with van der Waals surface area (Å²) in [4.78, 5) is 27.3. The van der Waals surface area contributed by atoms with Crippen molar-refractivity contribution < 1.29 is 4.79 Å². The van der Waals surface area contributed by atoms with Crippen molar-refractivity contribution in [2.45, 2.75) is 32.4 Å². The number of carbonyl (C=O) groups is 1. The molecular weight excluding hydrogens is 328 g/mol. The average Bonchev–Trinajstić information content (AvgIpc) is 3.15. The molecule has 4 rings (SSSR count). The van der Waals surface area contributed by atoms with Gasteiger partial charge in [-0.15, -0.1) is 5.10 Å². The topological polar surface area (TPSA) is 68.1 Å². The Morgan fingerprint density at radius 3 is 2.73 bits per heavy atom. The fourth-order valence-corrected chi connectivity index (χ4v) is 3.55. The lowest BCUT2D eigenvalue weighted by atomic mass is 10.0. The highest BCUT2D eigenvalue weighted by Gasteiger charge is 2.30. The first-order chi connectivity index (χ1) is 12.6. The van der Waals surface area contributed by atoms with Gasteiger partial charge in [-0.3, -0.25) is 9.59 Å². The van der Waals surface area contributed by atoms with Crippen molar-refractivity contribution >= 4 is 16.8 Å². The molecule has 132 valence electrons. The van der Waals surface area contributed by atoms with Gasteiger partial charge < -0.3 is 4.90 Å². The summed E-state index contributed by atoms with van der Waals surface area (Å²) in [5.41, 5.74) is 2.59. The predicted molar refractivity (Wildman–Crippen MR) is 98.7 cm³/mol. The molecule has 3 aromatic rings. The first kappa shape index (κ1) is 16.4. The van der Waals surface area contributed by atoms with Crippen molar-refractivity contribution in [1.82, 2.24) is 19.9 Å². The van der Waals surface area contributed by atoms with Crippen LogP contribution in [0.25, 0.3) is 10.9 Å². The second kappa shape index (κ2) is 6.71. The lowest BCUT2D eigenvalue weighted by Crippen LogP contribution is -2.37. The van der Waals surface area contributed by atoms with Crippen molar-refractivity contribution in [3.8, 4) is 0 Å². The zero-order chi connectivity index (χ0) is 18.1. The Morgan fingerprint density at radius 2 is 1.92 bits per heavy atom. The summed E-state index contributed by atoms with van der Waals surface area (Å²) in [5, 5.41) is 8.46. The van der Waals surface area contributed by atoms with E-state index in [9.17, 15) is 9.59 Å². The minimum Gasteiger partial charge on any atom is -0.334 e. The molecule has 0 aliphatic carbocycles. The number of benzene rings is 2. The summed E-state index contributed by atoms with van der Waals surface area (Å²) < 4.78 is 1.16. The number of likely N-dealkylation sites (tertiary alicyclic amines) is 1. The third-order valence-corrected chi connectivity index (χ3v) is 4.95. The Kier molecular flexibility index (Phi) is 4.24. The van der Waals surface area contributed by atoms with Crippen molar-refractivity contribution in [3.63, 3.8) is 0 Å². The smallest absolute Gasteiger partial charge is 0.278 e. The van der Waals surface area contributed by atoms with Gasteiger partial charge in [-0.1, -0.05) is 47.2 Å². The molecule has 0 N–H and O–H groups in total. The Morgan fingerprint density at radius 1 is 1.15 bits per heavy atom. The van der Waals surface area contributed by atoms with Crippen LogP contribution in [0.15, 0.2) is 53.3 Å². The van der Waals surface area contributed by atoms with Crippen LogP contribution in [0.1, 0.15) is 30.0 Å². The monoisotopic (exact) mass is 348 g/mol. The van der Waals surface area contributed by atoms with Gasteiger partial charge in [-0.2, -0.15) is 0 Å². The van der Waals surface area contributed by atoms with Gasteiger partial charge in [0.2, 0.25) is 5.91 Å². The minimum absolute atomic E-state index is 0.0622. The molecule has 1 aliphatic heterocycles. The molecule has 26 heavy (non-hydrogen) atoms. The molecule has 2 aromatic carbocycles. The van der Waals surface area contributed by atoms with Gasteiger partial charge in [0.1, 0.15) is 12.1 Å². The molecule has 6 nitrogen and oxygen atoms in total. The third kappa shape index (κ3) is 2.98. The molecule has 1 amide bonds. The molecule has 1 unspecified atom stereocenters. The van der Waals surface area contributed by atoms with Crippen LogP contribution in [0.2, 0.25) is 0 Å². The first-order valence-electron chi connectivity index (χ1n) is 8.82. The van der Waals surface area contributed by atoms with Gasteiger partial charge in [0.25, 0.3) is 5.56 Å². The van der Waals surface area contributed by atoms with Crippen molar-refractivity contribution in [2.75, 3.05) is 6.54 Å². The van der Waals surface area contributed by atoms with Crippen LogP contribution in [0, 0.1) is 6.92 Å². The molecule has 1 saturated heterocycles. The average molecular weight is 348 g/mol. The maximum atomic E-state index is 12.9. The number of nitrogens with zero attached hydrogens (tertiary/aromatic N) is 4. The van der Waals surface area contributed by atoms with E-state index in [2.05, 4.69) is 34.6 Å². The second-order valence-electron chi connectivity index (χ2n) is 6.73. The SMILES string of the molecule is Cc1ccc(C2CCCN2C(=O)Cn2nnc3ccccc3c2=O)cc1. The maximum absolute atomic E-state index is 12.9. The minimum atomic E-state index is -0.282. The number of amides is 1. The van der Waals surface area contributed by atoms with E-state index in [-0.39, 0.29) is 24.1 Å². The molecule has 0 saturated carbocycles. The Labute approximate surface area is 151 Å². The van der Waals surface area contributed by atoms with Crippen LogP contribution in [-0.4, -0.2) is 32.3 Å². The summed E-state index contributed by atoms with van der Waals surface area (Å²) in [7, 11) is 0. The highest BCUT2D eigenvalue weighted by Crippen LogP contribution is 2.32. The number of rotatable bonds is 3. The Balaban J connectivity index is 1.59. The lowest BCUT2D eigenvalue weighted by Gasteiger charge is -2.25. The van der Waals surface area contributed by atoms with Crippen LogP contribution in [-0.2, 0) is 11.3 Å². The Bertz CT molecular complexity index is 1010. The molecule has 0 spiro atoms. The van der Waals surface area contributed by atoms with Gasteiger partial charge in [0, 0.05) is 6.54 Å². The molecule has 6 heteroatoms. The first-order valence-corrected chi connectivity index (χ1v) is 8.82. The Hall–Kier alpha value is -3.02. The zero-order valence-electron chi connectivity index (χ0n) is 14.6. The number of aromatic nitrogens is 3. The number of hydrogen-bond acceptors (Lipinski definition) is 4. The van der Waals surface area contributed by atoms with Crippen LogP contribution in [0.3, 0.4) is 0 Å². The van der Waals surface area contributed by atoms with Crippen molar-refractivity contribution in [2.24, 2.45) is 0 Å². The van der Waals surface area contributed by atoms with Crippen LogP contribution < -0.4 is 5.56 Å². The fraction of sp³-hybridized carbons (Fsp3) is 0.300. The van der Waals surface area contributed by atoms with Gasteiger partial charge in [0.15, 0.2) is 0 Å². The number of hydrogen-bond donors (Lipinski definition) is 0. The normalized spacial score (nSPS) is 17.0. The zero-order valence-corrected chi connectivity index (χ0v) is 14.6. The molecule has 1 aliphatic rings. The summed E-state index contributed by atoms with van der Waals surface area (Å²) in [6, 6.07) is 15.4. The van der Waals surface area contributed by atoms with E-state index in [1.54, 1.807) is 18.2 Å². The molecule has 0 bridgehead atoms. The standard InChI is InChI=1S/C20H20N4O2/c1-14-8-10-15(11-9-14)18-7-4-12-23(18)19(25)13-24-20(26)16-5-2-3-6-17(16)21-22-24/h2-3,5-6,8-11,18H,4,7,12-13H2,1H3. The maximum Gasteiger partial charge on any atom is 0.278 e. The molecule has 0 radical (unpaired) electrons. The predicted octanol–water partition coefficient (Wildman–Crippen LogP) is 2.46. The van der Waals surface area contributed by atoms with Gasteiger partial charge in [-0.05, 0) is 37.5 Å². The third-order valence-electron chi connectivity index (χ3n) is 4.95. The van der Waals surface area contributed by atoms with E-state index < -0.39 is 0 Å². The van der Waals surface area contributed by atoms with E-state index in [1.807, 2.05) is 17.9 Å². The van der Waals surface area contributed by atoms with E-state index >= 15 is 0 Å². The van der Waals surface area contributed by atoms with Crippen molar-refractivity contribution in [1.29, 1.82) is 0 Å². The second-order valence-corrected chi connectivity index (χ2v) is 6.73.